The molecule has 0 saturated carbocycles. The molecule has 0 fully saturated rings. The molecular formula is C29H42F2N2O. The second-order valence-electron chi connectivity index (χ2n) is 9.01. The zero-order chi connectivity index (χ0) is 24.4. The third-order valence-corrected chi connectivity index (χ3v) is 6.00. The van der Waals surface area contributed by atoms with Crippen molar-refractivity contribution < 1.29 is 13.5 Å². The normalized spacial score (nSPS) is 11.4. The smallest absolute Gasteiger partial charge is 0.201 e. The van der Waals surface area contributed by atoms with Gasteiger partial charge in [0.15, 0.2) is 17.4 Å². The van der Waals surface area contributed by atoms with Gasteiger partial charge in [-0.15, -0.1) is 0 Å². The van der Waals surface area contributed by atoms with Gasteiger partial charge in [-0.25, -0.2) is 14.4 Å². The molecule has 1 heterocycles. The topological polar surface area (TPSA) is 35.0 Å². The van der Waals surface area contributed by atoms with Gasteiger partial charge >= 0.3 is 0 Å². The molecule has 0 N–H and O–H groups in total. The predicted molar refractivity (Wildman–Crippen MR) is 138 cm³/mol. The summed E-state index contributed by atoms with van der Waals surface area (Å²) in [6.07, 6.45) is 24.0. The monoisotopic (exact) mass is 472 g/mol. The molecule has 0 spiro atoms. The van der Waals surface area contributed by atoms with E-state index in [-0.39, 0.29) is 17.1 Å². The largest absolute Gasteiger partial charge is 0.490 e. The summed E-state index contributed by atoms with van der Waals surface area (Å²) in [6.45, 7) is 4.82. The molecule has 2 rings (SSSR count). The summed E-state index contributed by atoms with van der Waals surface area (Å²) in [5, 5.41) is 0. The quantitative estimate of drug-likeness (QED) is 0.203. The summed E-state index contributed by atoms with van der Waals surface area (Å²) >= 11 is 0. The molecule has 0 amide bonds. The highest BCUT2D eigenvalue weighted by Gasteiger charge is 2.17. The fourth-order valence-electron chi connectivity index (χ4n) is 3.88. The van der Waals surface area contributed by atoms with Crippen LogP contribution >= 0.6 is 0 Å². The average molecular weight is 473 g/mol. The van der Waals surface area contributed by atoms with E-state index in [0.717, 1.165) is 31.2 Å². The van der Waals surface area contributed by atoms with Gasteiger partial charge in [0.05, 0.1) is 12.2 Å². The van der Waals surface area contributed by atoms with Gasteiger partial charge in [0.25, 0.3) is 0 Å². The Bertz CT molecular complexity index is 837. The number of allylic oxidation sites excluding steroid dienone is 1. The van der Waals surface area contributed by atoms with E-state index in [9.17, 15) is 8.78 Å². The van der Waals surface area contributed by atoms with E-state index in [1.165, 1.54) is 76.3 Å². The third kappa shape index (κ3) is 10.3. The van der Waals surface area contributed by atoms with Crippen molar-refractivity contribution in [2.45, 2.75) is 104 Å². The van der Waals surface area contributed by atoms with Crippen LogP contribution in [0.25, 0.3) is 17.5 Å². The van der Waals surface area contributed by atoms with Crippen molar-refractivity contribution in [3.8, 4) is 17.1 Å². The van der Waals surface area contributed by atoms with Crippen LogP contribution in [0.2, 0.25) is 0 Å². The Morgan fingerprint density at radius 2 is 1.32 bits per heavy atom. The van der Waals surface area contributed by atoms with Crippen LogP contribution in [0.15, 0.2) is 30.6 Å². The maximum Gasteiger partial charge on any atom is 0.201 e. The molecule has 0 aliphatic carbocycles. The molecule has 1 aromatic carbocycles. The molecule has 2 aromatic rings. The summed E-state index contributed by atoms with van der Waals surface area (Å²) in [6, 6.07) is 2.96. The van der Waals surface area contributed by atoms with Crippen LogP contribution in [0.5, 0.6) is 5.75 Å². The van der Waals surface area contributed by atoms with E-state index < -0.39 is 11.6 Å². The molecule has 3 nitrogen and oxygen atoms in total. The summed E-state index contributed by atoms with van der Waals surface area (Å²) in [4.78, 5) is 8.47. The van der Waals surface area contributed by atoms with E-state index in [1.54, 1.807) is 12.4 Å². The van der Waals surface area contributed by atoms with Gasteiger partial charge in [0.2, 0.25) is 5.82 Å². The lowest BCUT2D eigenvalue weighted by Crippen LogP contribution is -2.02. The fraction of sp³-hybridized carbons (Fsp3) is 0.586. The lowest BCUT2D eigenvalue weighted by molar-refractivity contribution is 0.285. The molecule has 0 radical (unpaired) electrons. The lowest BCUT2D eigenvalue weighted by Gasteiger charge is -2.10. The molecule has 34 heavy (non-hydrogen) atoms. The van der Waals surface area contributed by atoms with Gasteiger partial charge in [-0.2, -0.15) is 4.39 Å². The minimum absolute atomic E-state index is 0.0448. The van der Waals surface area contributed by atoms with Crippen LogP contribution in [-0.4, -0.2) is 16.6 Å². The Morgan fingerprint density at radius 1 is 0.735 bits per heavy atom. The average Bonchev–Trinajstić information content (AvgIpc) is 2.85. The van der Waals surface area contributed by atoms with Gasteiger partial charge in [-0.3, -0.25) is 0 Å². The van der Waals surface area contributed by atoms with Gasteiger partial charge in [-0.05, 0) is 31.4 Å². The zero-order valence-electron chi connectivity index (χ0n) is 21.1. The van der Waals surface area contributed by atoms with Crippen molar-refractivity contribution >= 4 is 6.08 Å². The number of hydrogen-bond acceptors (Lipinski definition) is 3. The standard InChI is InChI=1S/C29H42F2N2O/c1-3-5-7-9-11-13-15-17-21-34-26-20-19-25(27(30)28(26)31)29-32-22-24(23-33-29)18-16-14-12-10-8-6-4-2/h16,18-20,22-23H,3-15,17,21H2,1-2H3. The van der Waals surface area contributed by atoms with E-state index >= 15 is 0 Å². The number of benzene rings is 1. The number of halogens is 2. The van der Waals surface area contributed by atoms with Crippen molar-refractivity contribution in [1.82, 2.24) is 9.97 Å². The van der Waals surface area contributed by atoms with Crippen molar-refractivity contribution in [3.63, 3.8) is 0 Å². The summed E-state index contributed by atoms with van der Waals surface area (Å²) in [5.74, 6) is -1.83. The van der Waals surface area contributed by atoms with Crippen LogP contribution in [-0.2, 0) is 0 Å². The van der Waals surface area contributed by atoms with Crippen LogP contribution in [0.1, 0.15) is 109 Å². The molecule has 0 bridgehead atoms. The maximum atomic E-state index is 14.7. The highest BCUT2D eigenvalue weighted by atomic mass is 19.2. The van der Waals surface area contributed by atoms with Crippen LogP contribution in [0.3, 0.4) is 0 Å². The van der Waals surface area contributed by atoms with Crippen molar-refractivity contribution in [1.29, 1.82) is 0 Å². The number of aromatic nitrogens is 2. The first-order valence-electron chi connectivity index (χ1n) is 13.3. The van der Waals surface area contributed by atoms with Gasteiger partial charge < -0.3 is 4.74 Å². The van der Waals surface area contributed by atoms with E-state index in [4.69, 9.17) is 4.74 Å². The Kier molecular flexibility index (Phi) is 14.1. The molecule has 0 saturated heterocycles. The second kappa shape index (κ2) is 17.2. The Balaban J connectivity index is 1.79. The lowest BCUT2D eigenvalue weighted by atomic mass is 10.1. The fourth-order valence-corrected chi connectivity index (χ4v) is 3.88. The van der Waals surface area contributed by atoms with E-state index in [0.29, 0.717) is 6.61 Å². The second-order valence-corrected chi connectivity index (χ2v) is 9.01. The number of nitrogens with zero attached hydrogens (tertiary/aromatic N) is 2. The first-order valence-corrected chi connectivity index (χ1v) is 13.3. The van der Waals surface area contributed by atoms with Gasteiger partial charge in [-0.1, -0.05) is 96.6 Å². The molecule has 5 heteroatoms. The van der Waals surface area contributed by atoms with E-state index in [1.807, 2.05) is 6.08 Å². The summed E-state index contributed by atoms with van der Waals surface area (Å²) in [7, 11) is 0. The van der Waals surface area contributed by atoms with Crippen molar-refractivity contribution in [2.24, 2.45) is 0 Å². The molecule has 0 aliphatic rings. The van der Waals surface area contributed by atoms with Gasteiger partial charge in [0.1, 0.15) is 0 Å². The SMILES string of the molecule is CCCCCCCC=Cc1cnc(-c2ccc(OCCCCCCCCCC)c(F)c2F)nc1. The first kappa shape index (κ1) is 27.9. The number of unbranched alkanes of at least 4 members (excludes halogenated alkanes) is 12. The van der Waals surface area contributed by atoms with Gasteiger partial charge in [0, 0.05) is 18.0 Å². The van der Waals surface area contributed by atoms with Crippen molar-refractivity contribution in [3.05, 3.63) is 47.8 Å². The van der Waals surface area contributed by atoms with Crippen LogP contribution in [0.4, 0.5) is 8.78 Å². The predicted octanol–water partition coefficient (Wildman–Crippen LogP) is 9.31. The Labute approximate surface area is 205 Å². The highest BCUT2D eigenvalue weighted by molar-refractivity contribution is 5.59. The number of hydrogen-bond donors (Lipinski definition) is 0. The summed E-state index contributed by atoms with van der Waals surface area (Å²) in [5.41, 5.74) is 0.895. The third-order valence-electron chi connectivity index (χ3n) is 6.00. The van der Waals surface area contributed by atoms with Crippen LogP contribution < -0.4 is 4.74 Å². The molecule has 0 unspecified atom stereocenters. The minimum Gasteiger partial charge on any atom is -0.490 e. The minimum atomic E-state index is -0.979. The summed E-state index contributed by atoms with van der Waals surface area (Å²) < 4.78 is 34.7. The Hall–Kier alpha value is -2.30. The molecule has 188 valence electrons. The van der Waals surface area contributed by atoms with Crippen LogP contribution in [0, 0.1) is 11.6 Å². The number of rotatable bonds is 18. The van der Waals surface area contributed by atoms with E-state index in [2.05, 4.69) is 29.9 Å². The molecular weight excluding hydrogens is 430 g/mol. The number of ether oxygens (including phenoxy) is 1. The molecule has 1 aromatic heterocycles. The van der Waals surface area contributed by atoms with Crippen molar-refractivity contribution in [2.75, 3.05) is 6.61 Å². The Morgan fingerprint density at radius 3 is 1.97 bits per heavy atom. The molecule has 0 atom stereocenters. The molecule has 0 aliphatic heterocycles. The maximum absolute atomic E-state index is 14.7. The zero-order valence-corrected chi connectivity index (χ0v) is 21.1. The first-order chi connectivity index (χ1) is 16.7. The highest BCUT2D eigenvalue weighted by Crippen LogP contribution is 2.28.